The molecular formula is C15H12FNO. The minimum atomic E-state index is -0.301. The van der Waals surface area contributed by atoms with Crippen molar-refractivity contribution in [3.8, 4) is 17.6 Å². The summed E-state index contributed by atoms with van der Waals surface area (Å²) in [6, 6.07) is 11.8. The van der Waals surface area contributed by atoms with E-state index in [-0.39, 0.29) is 5.82 Å². The highest BCUT2D eigenvalue weighted by molar-refractivity contribution is 5.50. The third kappa shape index (κ3) is 2.33. The minimum absolute atomic E-state index is 0.301. The van der Waals surface area contributed by atoms with Gasteiger partial charge in [-0.25, -0.2) is 4.39 Å². The van der Waals surface area contributed by atoms with Crippen LogP contribution < -0.4 is 4.74 Å². The molecule has 0 spiro atoms. The van der Waals surface area contributed by atoms with Gasteiger partial charge in [-0.1, -0.05) is 12.1 Å². The quantitative estimate of drug-likeness (QED) is 0.792. The van der Waals surface area contributed by atoms with Crippen LogP contribution in [0.3, 0.4) is 0 Å². The second kappa shape index (κ2) is 4.89. The molecule has 0 saturated heterocycles. The van der Waals surface area contributed by atoms with Crippen LogP contribution in [0, 0.1) is 31.0 Å². The second-order valence-corrected chi connectivity index (χ2v) is 4.08. The lowest BCUT2D eigenvalue weighted by Gasteiger charge is -2.12. The summed E-state index contributed by atoms with van der Waals surface area (Å²) in [4.78, 5) is 0. The lowest BCUT2D eigenvalue weighted by Crippen LogP contribution is -1.93. The summed E-state index contributed by atoms with van der Waals surface area (Å²) in [5.74, 6) is 0.780. The highest BCUT2D eigenvalue weighted by atomic mass is 19.1. The number of nitriles is 1. The Morgan fingerprint density at radius 1 is 1.11 bits per heavy atom. The summed E-state index contributed by atoms with van der Waals surface area (Å²) < 4.78 is 18.7. The zero-order chi connectivity index (χ0) is 13.1. The number of ether oxygens (including phenoxy) is 1. The highest BCUT2D eigenvalue weighted by Crippen LogP contribution is 2.30. The maximum Gasteiger partial charge on any atom is 0.148 e. The van der Waals surface area contributed by atoms with E-state index < -0.39 is 0 Å². The molecular weight excluding hydrogens is 229 g/mol. The molecule has 0 aromatic heterocycles. The van der Waals surface area contributed by atoms with Crippen molar-refractivity contribution in [1.82, 2.24) is 0 Å². The Hall–Kier alpha value is -2.34. The predicted octanol–water partition coefficient (Wildman–Crippen LogP) is 4.11. The Morgan fingerprint density at radius 3 is 2.56 bits per heavy atom. The van der Waals surface area contributed by atoms with Gasteiger partial charge in [-0.15, -0.1) is 0 Å². The van der Waals surface area contributed by atoms with Gasteiger partial charge >= 0.3 is 0 Å². The number of hydrogen-bond donors (Lipinski definition) is 0. The Bertz CT molecular complexity index is 629. The molecule has 0 heterocycles. The molecule has 0 unspecified atom stereocenters. The van der Waals surface area contributed by atoms with E-state index in [9.17, 15) is 4.39 Å². The van der Waals surface area contributed by atoms with Crippen molar-refractivity contribution in [2.45, 2.75) is 13.8 Å². The van der Waals surface area contributed by atoms with E-state index in [0.29, 0.717) is 22.6 Å². The van der Waals surface area contributed by atoms with E-state index in [4.69, 9.17) is 10.00 Å². The van der Waals surface area contributed by atoms with Crippen LogP contribution in [-0.4, -0.2) is 0 Å². The average Bonchev–Trinajstić information content (AvgIpc) is 2.34. The van der Waals surface area contributed by atoms with Crippen molar-refractivity contribution >= 4 is 0 Å². The summed E-state index contributed by atoms with van der Waals surface area (Å²) in [5, 5.41) is 9.04. The van der Waals surface area contributed by atoms with Gasteiger partial charge in [-0.05, 0) is 49.2 Å². The van der Waals surface area contributed by atoms with E-state index in [0.717, 1.165) is 5.56 Å². The van der Waals surface area contributed by atoms with Crippen LogP contribution in [0.1, 0.15) is 16.7 Å². The van der Waals surface area contributed by atoms with Crippen molar-refractivity contribution in [2.75, 3.05) is 0 Å². The van der Waals surface area contributed by atoms with Crippen LogP contribution in [0.5, 0.6) is 11.5 Å². The number of benzene rings is 2. The van der Waals surface area contributed by atoms with Gasteiger partial charge in [0.25, 0.3) is 0 Å². The molecule has 0 bridgehead atoms. The van der Waals surface area contributed by atoms with Gasteiger partial charge in [0.15, 0.2) is 0 Å². The van der Waals surface area contributed by atoms with E-state index in [1.54, 1.807) is 25.1 Å². The van der Waals surface area contributed by atoms with Crippen molar-refractivity contribution in [1.29, 1.82) is 5.26 Å². The average molecular weight is 241 g/mol. The molecule has 2 nitrogen and oxygen atoms in total. The number of hydrogen-bond acceptors (Lipinski definition) is 2. The van der Waals surface area contributed by atoms with E-state index >= 15 is 0 Å². The van der Waals surface area contributed by atoms with Crippen molar-refractivity contribution < 1.29 is 9.13 Å². The molecule has 0 atom stereocenters. The summed E-state index contributed by atoms with van der Waals surface area (Å²) in [6.45, 7) is 3.64. The Labute approximate surface area is 105 Å². The standard InChI is InChI=1S/C15H12FNO/c1-10-4-3-5-12(9-17)15(10)18-14-7-6-13(16)8-11(14)2/h3-8H,1-2H3. The molecule has 0 fully saturated rings. The van der Waals surface area contributed by atoms with Crippen molar-refractivity contribution in [3.63, 3.8) is 0 Å². The molecule has 18 heavy (non-hydrogen) atoms. The lowest BCUT2D eigenvalue weighted by molar-refractivity contribution is 0.471. The minimum Gasteiger partial charge on any atom is -0.455 e. The molecule has 0 N–H and O–H groups in total. The van der Waals surface area contributed by atoms with Crippen LogP contribution >= 0.6 is 0 Å². The first-order chi connectivity index (χ1) is 8.61. The second-order valence-electron chi connectivity index (χ2n) is 4.08. The Morgan fingerprint density at radius 2 is 1.89 bits per heavy atom. The number of para-hydroxylation sites is 1. The summed E-state index contributed by atoms with van der Waals surface area (Å²) >= 11 is 0. The van der Waals surface area contributed by atoms with Crippen LogP contribution in [0.2, 0.25) is 0 Å². The normalized spacial score (nSPS) is 9.89. The third-order valence-electron chi connectivity index (χ3n) is 2.68. The molecule has 2 aromatic rings. The van der Waals surface area contributed by atoms with E-state index in [1.165, 1.54) is 12.1 Å². The Kier molecular flexibility index (Phi) is 3.29. The molecule has 0 aliphatic rings. The maximum atomic E-state index is 13.0. The van der Waals surface area contributed by atoms with Crippen LogP contribution in [0.25, 0.3) is 0 Å². The molecule has 0 saturated carbocycles. The van der Waals surface area contributed by atoms with Gasteiger partial charge in [-0.3, -0.25) is 0 Å². The topological polar surface area (TPSA) is 33.0 Å². The molecule has 0 radical (unpaired) electrons. The fourth-order valence-electron chi connectivity index (χ4n) is 1.71. The van der Waals surface area contributed by atoms with Gasteiger partial charge in [0.05, 0.1) is 5.56 Å². The van der Waals surface area contributed by atoms with Crippen LogP contribution in [-0.2, 0) is 0 Å². The molecule has 3 heteroatoms. The number of aryl methyl sites for hydroxylation is 2. The number of nitrogens with zero attached hydrogens (tertiary/aromatic N) is 1. The molecule has 0 amide bonds. The van der Waals surface area contributed by atoms with Crippen LogP contribution in [0.4, 0.5) is 4.39 Å². The van der Waals surface area contributed by atoms with Gasteiger partial charge < -0.3 is 4.74 Å². The predicted molar refractivity (Wildman–Crippen MR) is 67.1 cm³/mol. The van der Waals surface area contributed by atoms with Gasteiger partial charge in [0, 0.05) is 0 Å². The number of halogens is 1. The fourth-order valence-corrected chi connectivity index (χ4v) is 1.71. The Balaban J connectivity index is 2.43. The monoisotopic (exact) mass is 241 g/mol. The first-order valence-electron chi connectivity index (χ1n) is 5.55. The molecule has 2 aromatic carbocycles. The first kappa shape index (κ1) is 12.1. The van der Waals surface area contributed by atoms with Gasteiger partial charge in [-0.2, -0.15) is 5.26 Å². The van der Waals surface area contributed by atoms with Crippen molar-refractivity contribution in [3.05, 3.63) is 58.9 Å². The zero-order valence-electron chi connectivity index (χ0n) is 10.2. The van der Waals surface area contributed by atoms with Crippen molar-refractivity contribution in [2.24, 2.45) is 0 Å². The van der Waals surface area contributed by atoms with Gasteiger partial charge in [0.1, 0.15) is 23.4 Å². The summed E-state index contributed by atoms with van der Waals surface area (Å²) in [5.41, 5.74) is 2.04. The molecule has 0 aliphatic heterocycles. The highest BCUT2D eigenvalue weighted by Gasteiger charge is 2.09. The van der Waals surface area contributed by atoms with Crippen LogP contribution in [0.15, 0.2) is 36.4 Å². The smallest absolute Gasteiger partial charge is 0.148 e. The summed E-state index contributed by atoms with van der Waals surface area (Å²) in [7, 11) is 0. The SMILES string of the molecule is Cc1cc(F)ccc1Oc1c(C)cccc1C#N. The summed E-state index contributed by atoms with van der Waals surface area (Å²) in [6.07, 6.45) is 0. The molecule has 2 rings (SSSR count). The maximum absolute atomic E-state index is 13.0. The first-order valence-corrected chi connectivity index (χ1v) is 5.55. The van der Waals surface area contributed by atoms with E-state index in [2.05, 4.69) is 6.07 Å². The van der Waals surface area contributed by atoms with E-state index in [1.807, 2.05) is 13.0 Å². The largest absolute Gasteiger partial charge is 0.455 e. The zero-order valence-corrected chi connectivity index (χ0v) is 10.2. The lowest BCUT2D eigenvalue weighted by atomic mass is 10.1. The third-order valence-corrected chi connectivity index (χ3v) is 2.68. The molecule has 0 aliphatic carbocycles. The number of rotatable bonds is 2. The molecule has 90 valence electrons. The van der Waals surface area contributed by atoms with Gasteiger partial charge in [0.2, 0.25) is 0 Å². The fraction of sp³-hybridized carbons (Fsp3) is 0.133.